The van der Waals surface area contributed by atoms with Crippen molar-refractivity contribution in [2.45, 2.75) is 19.1 Å². The number of nitrogens with two attached hydrogens (primary N) is 1. The molecule has 0 aliphatic carbocycles. The van der Waals surface area contributed by atoms with Crippen molar-refractivity contribution in [2.75, 3.05) is 0 Å². The third-order valence-electron chi connectivity index (χ3n) is 2.80. The van der Waals surface area contributed by atoms with Gasteiger partial charge in [0, 0.05) is 10.5 Å². The lowest BCUT2D eigenvalue weighted by Gasteiger charge is -2.23. The zero-order valence-corrected chi connectivity index (χ0v) is 14.0. The fourth-order valence-electron chi connectivity index (χ4n) is 1.87. The highest BCUT2D eigenvalue weighted by atomic mass is 79.9. The quantitative estimate of drug-likeness (QED) is 0.795. The van der Waals surface area contributed by atoms with Crippen molar-refractivity contribution in [2.24, 2.45) is 5.73 Å². The van der Waals surface area contributed by atoms with Crippen molar-refractivity contribution in [3.05, 3.63) is 62.8 Å². The second-order valence-electron chi connectivity index (χ2n) is 4.53. The van der Waals surface area contributed by atoms with Crippen LogP contribution in [0.2, 0.25) is 0 Å². The summed E-state index contributed by atoms with van der Waals surface area (Å²) in [5.74, 6) is 0.248. The normalized spacial score (nSPS) is 13.8. The van der Waals surface area contributed by atoms with Gasteiger partial charge in [-0.05, 0) is 58.7 Å². The highest BCUT2D eigenvalue weighted by molar-refractivity contribution is 9.10. The van der Waals surface area contributed by atoms with Crippen LogP contribution in [-0.2, 0) is 0 Å². The Morgan fingerprint density at radius 1 is 1.15 bits per heavy atom. The largest absolute Gasteiger partial charge is 0.483 e. The molecule has 2 aromatic carbocycles. The van der Waals surface area contributed by atoms with Crippen molar-refractivity contribution in [1.29, 1.82) is 0 Å². The lowest BCUT2D eigenvalue weighted by molar-refractivity contribution is 0.179. The first-order valence-corrected chi connectivity index (χ1v) is 7.68. The molecule has 2 unspecified atom stereocenters. The van der Waals surface area contributed by atoms with Gasteiger partial charge in [0.1, 0.15) is 17.7 Å². The van der Waals surface area contributed by atoms with E-state index in [2.05, 4.69) is 31.9 Å². The number of hydrogen-bond acceptors (Lipinski definition) is 2. The van der Waals surface area contributed by atoms with Crippen molar-refractivity contribution in [3.8, 4) is 5.75 Å². The zero-order chi connectivity index (χ0) is 14.7. The van der Waals surface area contributed by atoms with Gasteiger partial charge in [0.25, 0.3) is 0 Å². The molecule has 0 radical (unpaired) electrons. The van der Waals surface area contributed by atoms with Crippen molar-refractivity contribution >= 4 is 31.9 Å². The number of hydrogen-bond donors (Lipinski definition) is 1. The number of rotatable bonds is 4. The van der Waals surface area contributed by atoms with Gasteiger partial charge in [0.2, 0.25) is 0 Å². The highest BCUT2D eigenvalue weighted by Crippen LogP contribution is 2.31. The van der Waals surface area contributed by atoms with Crippen LogP contribution in [0.4, 0.5) is 4.39 Å². The maximum Gasteiger partial charge on any atom is 0.139 e. The molecule has 0 saturated carbocycles. The molecule has 5 heteroatoms. The van der Waals surface area contributed by atoms with Crippen LogP contribution < -0.4 is 10.5 Å². The van der Waals surface area contributed by atoms with Crippen LogP contribution in [0.25, 0.3) is 0 Å². The third-order valence-corrected chi connectivity index (χ3v) is 3.92. The minimum atomic E-state index is -0.316. The van der Waals surface area contributed by atoms with Gasteiger partial charge in [-0.15, -0.1) is 0 Å². The molecule has 2 atom stereocenters. The van der Waals surface area contributed by atoms with Crippen LogP contribution >= 0.6 is 31.9 Å². The van der Waals surface area contributed by atoms with Crippen LogP contribution in [0.3, 0.4) is 0 Å². The lowest BCUT2D eigenvalue weighted by Crippen LogP contribution is -2.29. The number of halogens is 3. The molecule has 2 rings (SSSR count). The summed E-state index contributed by atoms with van der Waals surface area (Å²) in [7, 11) is 0. The van der Waals surface area contributed by atoms with E-state index in [1.807, 2.05) is 31.2 Å². The van der Waals surface area contributed by atoms with Gasteiger partial charge in [-0.25, -0.2) is 4.39 Å². The Labute approximate surface area is 134 Å². The van der Waals surface area contributed by atoms with Crippen LogP contribution in [0.15, 0.2) is 51.4 Å². The Balaban J connectivity index is 2.30. The Morgan fingerprint density at radius 3 is 2.50 bits per heavy atom. The van der Waals surface area contributed by atoms with Crippen molar-refractivity contribution in [3.63, 3.8) is 0 Å². The Hall–Kier alpha value is -0.910. The standard InChI is InChI=1S/C15H14Br2FNO/c1-9(19)15(10-3-2-4-11(16)7-10)20-14-6-5-12(18)8-13(14)17/h2-9,15H,19H2,1H3. The van der Waals surface area contributed by atoms with Gasteiger partial charge >= 0.3 is 0 Å². The lowest BCUT2D eigenvalue weighted by atomic mass is 10.0. The molecule has 2 nitrogen and oxygen atoms in total. The summed E-state index contributed by atoms with van der Waals surface area (Å²) in [4.78, 5) is 0. The second kappa shape index (κ2) is 6.70. The summed E-state index contributed by atoms with van der Waals surface area (Å²) < 4.78 is 20.6. The molecule has 0 heterocycles. The SMILES string of the molecule is CC(N)C(Oc1ccc(F)cc1Br)c1cccc(Br)c1. The first kappa shape index (κ1) is 15.5. The zero-order valence-electron chi connectivity index (χ0n) is 10.8. The third kappa shape index (κ3) is 3.81. The summed E-state index contributed by atoms with van der Waals surface area (Å²) in [5.41, 5.74) is 6.98. The summed E-state index contributed by atoms with van der Waals surface area (Å²) >= 11 is 6.73. The van der Waals surface area contributed by atoms with Gasteiger partial charge in [-0.2, -0.15) is 0 Å². The molecule has 20 heavy (non-hydrogen) atoms. The molecule has 0 aromatic heterocycles. The predicted molar refractivity (Wildman–Crippen MR) is 85.3 cm³/mol. The highest BCUT2D eigenvalue weighted by Gasteiger charge is 2.19. The predicted octanol–water partition coefficient (Wildman–Crippen LogP) is 4.82. The summed E-state index contributed by atoms with van der Waals surface area (Å²) in [6.07, 6.45) is -0.311. The molecule has 106 valence electrons. The Bertz CT molecular complexity index is 604. The van der Waals surface area contributed by atoms with Crippen LogP contribution in [0.5, 0.6) is 5.75 Å². The molecule has 0 fully saturated rings. The molecule has 2 N–H and O–H groups in total. The molecule has 0 saturated heterocycles. The Morgan fingerprint density at radius 2 is 1.90 bits per heavy atom. The maximum absolute atomic E-state index is 13.1. The van der Waals surface area contributed by atoms with Gasteiger partial charge in [0.15, 0.2) is 0 Å². The van der Waals surface area contributed by atoms with E-state index in [9.17, 15) is 4.39 Å². The summed E-state index contributed by atoms with van der Waals surface area (Å²) in [5, 5.41) is 0. The molecule has 2 aromatic rings. The molecule has 0 bridgehead atoms. The van der Waals surface area contributed by atoms with E-state index < -0.39 is 0 Å². The summed E-state index contributed by atoms with van der Waals surface area (Å²) in [6, 6.07) is 11.9. The smallest absolute Gasteiger partial charge is 0.139 e. The van der Waals surface area contributed by atoms with Gasteiger partial charge < -0.3 is 10.5 Å². The minimum absolute atomic E-state index is 0.207. The van der Waals surface area contributed by atoms with Crippen molar-refractivity contribution < 1.29 is 9.13 Å². The minimum Gasteiger partial charge on any atom is -0.483 e. The monoisotopic (exact) mass is 401 g/mol. The van der Waals surface area contributed by atoms with Crippen molar-refractivity contribution in [1.82, 2.24) is 0 Å². The molecular weight excluding hydrogens is 389 g/mol. The average Bonchev–Trinajstić information content (AvgIpc) is 2.37. The first-order valence-electron chi connectivity index (χ1n) is 6.10. The first-order chi connectivity index (χ1) is 9.47. The van der Waals surface area contributed by atoms with Gasteiger partial charge in [-0.1, -0.05) is 28.1 Å². The van der Waals surface area contributed by atoms with E-state index in [0.717, 1.165) is 10.0 Å². The molecule has 0 amide bonds. The molecule has 0 spiro atoms. The fraction of sp³-hybridized carbons (Fsp3) is 0.200. The molecule has 0 aliphatic rings. The Kier molecular flexibility index (Phi) is 5.18. The van der Waals surface area contributed by atoms with E-state index in [1.54, 1.807) is 6.07 Å². The van der Waals surface area contributed by atoms with Crippen LogP contribution in [0, 0.1) is 5.82 Å². The maximum atomic E-state index is 13.1. The fourth-order valence-corrected chi connectivity index (χ4v) is 2.73. The topological polar surface area (TPSA) is 35.2 Å². The second-order valence-corrected chi connectivity index (χ2v) is 6.30. The molecule has 0 aliphatic heterocycles. The average molecular weight is 403 g/mol. The molecular formula is C15H14Br2FNO. The van der Waals surface area contributed by atoms with Crippen LogP contribution in [-0.4, -0.2) is 6.04 Å². The van der Waals surface area contributed by atoms with E-state index >= 15 is 0 Å². The van der Waals surface area contributed by atoms with Gasteiger partial charge in [-0.3, -0.25) is 0 Å². The van der Waals surface area contributed by atoms with E-state index in [4.69, 9.17) is 10.5 Å². The van der Waals surface area contributed by atoms with E-state index in [1.165, 1.54) is 12.1 Å². The van der Waals surface area contributed by atoms with Gasteiger partial charge in [0.05, 0.1) is 4.47 Å². The number of benzene rings is 2. The number of ether oxygens (including phenoxy) is 1. The van der Waals surface area contributed by atoms with Crippen LogP contribution in [0.1, 0.15) is 18.6 Å². The van der Waals surface area contributed by atoms with E-state index in [-0.39, 0.29) is 18.0 Å². The summed E-state index contributed by atoms with van der Waals surface area (Å²) in [6.45, 7) is 1.88. The van der Waals surface area contributed by atoms with E-state index in [0.29, 0.717) is 10.2 Å².